The van der Waals surface area contributed by atoms with Crippen LogP contribution in [-0.4, -0.2) is 5.91 Å². The van der Waals surface area contributed by atoms with Crippen molar-refractivity contribution in [2.75, 3.05) is 0 Å². The Balaban J connectivity index is 2.76. The minimum Gasteiger partial charge on any atom is -0.366 e. The number of nitriles is 1. The second kappa shape index (κ2) is 6.77. The van der Waals surface area contributed by atoms with Crippen LogP contribution in [0.15, 0.2) is 48.0 Å². The van der Waals surface area contributed by atoms with E-state index in [-0.39, 0.29) is 16.7 Å². The van der Waals surface area contributed by atoms with Crippen LogP contribution in [0.1, 0.15) is 29.2 Å². The van der Waals surface area contributed by atoms with Gasteiger partial charge in [-0.05, 0) is 47.9 Å². The first-order valence-corrected chi connectivity index (χ1v) is 7.03. The second-order valence-electron chi connectivity index (χ2n) is 5.24. The van der Waals surface area contributed by atoms with Crippen molar-refractivity contribution in [1.29, 1.82) is 5.26 Å². The largest absolute Gasteiger partial charge is 0.417 e. The number of carbonyl (C=O) groups is 1. The zero-order valence-corrected chi connectivity index (χ0v) is 13.0. The first-order chi connectivity index (χ1) is 11.6. The average molecular weight is 348 g/mol. The lowest BCUT2D eigenvalue weighted by molar-refractivity contribution is -0.137. The van der Waals surface area contributed by atoms with E-state index in [0.29, 0.717) is 5.56 Å². The third-order valence-electron chi connectivity index (χ3n) is 3.61. The van der Waals surface area contributed by atoms with E-state index in [9.17, 15) is 22.4 Å². The summed E-state index contributed by atoms with van der Waals surface area (Å²) in [6.07, 6.45) is -4.74. The predicted molar refractivity (Wildman–Crippen MR) is 83.4 cm³/mol. The molecule has 0 spiro atoms. The summed E-state index contributed by atoms with van der Waals surface area (Å²) in [4.78, 5) is 11.6. The maximum atomic E-state index is 13.2. The lowest BCUT2D eigenvalue weighted by atomic mass is 9.91. The molecule has 0 heterocycles. The molecule has 3 nitrogen and oxygen atoms in total. The number of amides is 1. The number of primary amides is 1. The van der Waals surface area contributed by atoms with Crippen molar-refractivity contribution in [2.45, 2.75) is 13.1 Å². The van der Waals surface area contributed by atoms with Crippen LogP contribution < -0.4 is 5.73 Å². The predicted octanol–water partition coefficient (Wildman–Crippen LogP) is 4.02. The molecule has 2 N–H and O–H groups in total. The van der Waals surface area contributed by atoms with Gasteiger partial charge < -0.3 is 5.73 Å². The van der Waals surface area contributed by atoms with Gasteiger partial charge in [-0.25, -0.2) is 4.39 Å². The molecule has 0 unspecified atom stereocenters. The Morgan fingerprint density at radius 2 is 1.64 bits per heavy atom. The molecule has 0 radical (unpaired) electrons. The maximum Gasteiger partial charge on any atom is 0.417 e. The molecule has 7 heteroatoms. The van der Waals surface area contributed by atoms with Crippen molar-refractivity contribution >= 4 is 11.5 Å². The Morgan fingerprint density at radius 1 is 1.08 bits per heavy atom. The Morgan fingerprint density at radius 3 is 2.12 bits per heavy atom. The third kappa shape index (κ3) is 3.86. The molecule has 2 aromatic carbocycles. The van der Waals surface area contributed by atoms with Crippen molar-refractivity contribution in [2.24, 2.45) is 5.73 Å². The minimum absolute atomic E-state index is 0.0180. The molecule has 0 aromatic heterocycles. The van der Waals surface area contributed by atoms with Gasteiger partial charge in [-0.1, -0.05) is 18.2 Å². The lowest BCUT2D eigenvalue weighted by Crippen LogP contribution is -2.14. The van der Waals surface area contributed by atoms with Crippen LogP contribution in [-0.2, 0) is 11.0 Å². The highest BCUT2D eigenvalue weighted by Gasteiger charge is 2.34. The summed E-state index contributed by atoms with van der Waals surface area (Å²) >= 11 is 0. The molecule has 0 aliphatic rings. The van der Waals surface area contributed by atoms with Gasteiger partial charge in [-0.3, -0.25) is 4.79 Å². The highest BCUT2D eigenvalue weighted by Crippen LogP contribution is 2.36. The highest BCUT2D eigenvalue weighted by atomic mass is 19.4. The number of halogens is 4. The highest BCUT2D eigenvalue weighted by molar-refractivity contribution is 6.03. The van der Waals surface area contributed by atoms with Gasteiger partial charge in [-0.15, -0.1) is 0 Å². The van der Waals surface area contributed by atoms with Crippen LogP contribution in [0.2, 0.25) is 0 Å². The van der Waals surface area contributed by atoms with E-state index in [1.807, 2.05) is 0 Å². The molecular formula is C18H12F4N2O. The van der Waals surface area contributed by atoms with E-state index in [1.54, 1.807) is 0 Å². The Kier molecular flexibility index (Phi) is 4.93. The number of alkyl halides is 3. The number of benzene rings is 2. The molecule has 0 aliphatic carbocycles. The quantitative estimate of drug-likeness (QED) is 0.672. The number of hydrogen-bond donors (Lipinski definition) is 1. The summed E-state index contributed by atoms with van der Waals surface area (Å²) in [6.45, 7) is 1.37. The Hall–Kier alpha value is -3.14. The summed E-state index contributed by atoms with van der Waals surface area (Å²) in [5.41, 5.74) is 4.16. The fourth-order valence-electron chi connectivity index (χ4n) is 2.37. The van der Waals surface area contributed by atoms with E-state index in [1.165, 1.54) is 31.2 Å². The van der Waals surface area contributed by atoms with Gasteiger partial charge >= 0.3 is 6.18 Å². The lowest BCUT2D eigenvalue weighted by Gasteiger charge is -2.15. The molecule has 0 bridgehead atoms. The van der Waals surface area contributed by atoms with Gasteiger partial charge in [0, 0.05) is 5.57 Å². The molecule has 0 saturated carbocycles. The van der Waals surface area contributed by atoms with E-state index in [2.05, 4.69) is 0 Å². The van der Waals surface area contributed by atoms with Gasteiger partial charge in [0.05, 0.1) is 17.2 Å². The summed E-state index contributed by atoms with van der Waals surface area (Å²) in [6, 6.07) is 9.50. The molecule has 0 aliphatic heterocycles. The van der Waals surface area contributed by atoms with Crippen LogP contribution in [0.5, 0.6) is 0 Å². The summed E-state index contributed by atoms with van der Waals surface area (Å²) in [7, 11) is 0. The minimum atomic E-state index is -4.74. The van der Waals surface area contributed by atoms with Gasteiger partial charge in [0.15, 0.2) is 0 Å². The van der Waals surface area contributed by atoms with E-state index in [0.717, 1.165) is 24.3 Å². The van der Waals surface area contributed by atoms with Crippen molar-refractivity contribution < 1.29 is 22.4 Å². The summed E-state index contributed by atoms with van der Waals surface area (Å²) < 4.78 is 52.7. The smallest absolute Gasteiger partial charge is 0.366 e. The van der Waals surface area contributed by atoms with Crippen LogP contribution in [0.3, 0.4) is 0 Å². The topological polar surface area (TPSA) is 66.9 Å². The third-order valence-corrected chi connectivity index (χ3v) is 3.61. The first kappa shape index (κ1) is 18.2. The molecule has 2 rings (SSSR count). The molecule has 2 aromatic rings. The van der Waals surface area contributed by atoms with E-state index < -0.39 is 29.0 Å². The Labute approximate surface area is 141 Å². The van der Waals surface area contributed by atoms with E-state index >= 15 is 0 Å². The van der Waals surface area contributed by atoms with Crippen molar-refractivity contribution in [3.8, 4) is 6.07 Å². The normalized spacial score (nSPS) is 12.3. The van der Waals surface area contributed by atoms with Gasteiger partial charge in [0.1, 0.15) is 5.82 Å². The molecule has 128 valence electrons. The average Bonchev–Trinajstić information content (AvgIpc) is 2.55. The standard InChI is InChI=1S/C18H12F4N2O/c1-10(17(24)25)16(11-4-6-14(19)7-5-11)12-2-3-13(9-23)15(8-12)18(20,21)22/h2-8H,1H3,(H2,24,25). The van der Waals surface area contributed by atoms with Crippen LogP contribution in [0.4, 0.5) is 17.6 Å². The Bertz CT molecular complexity index is 891. The zero-order chi connectivity index (χ0) is 18.8. The van der Waals surface area contributed by atoms with Crippen molar-refractivity contribution in [3.05, 3.63) is 76.1 Å². The van der Waals surface area contributed by atoms with Gasteiger partial charge in [0.25, 0.3) is 0 Å². The number of nitrogens with zero attached hydrogens (tertiary/aromatic N) is 1. The molecule has 1 amide bonds. The fourth-order valence-corrected chi connectivity index (χ4v) is 2.37. The van der Waals surface area contributed by atoms with Crippen LogP contribution in [0, 0.1) is 17.1 Å². The number of nitrogens with two attached hydrogens (primary N) is 1. The molecule has 25 heavy (non-hydrogen) atoms. The summed E-state index contributed by atoms with van der Waals surface area (Å²) in [5, 5.41) is 8.88. The number of carbonyl (C=O) groups excluding carboxylic acids is 1. The van der Waals surface area contributed by atoms with E-state index in [4.69, 9.17) is 11.0 Å². The maximum absolute atomic E-state index is 13.2. The molecule has 0 atom stereocenters. The van der Waals surface area contributed by atoms with Crippen LogP contribution >= 0.6 is 0 Å². The van der Waals surface area contributed by atoms with Crippen LogP contribution in [0.25, 0.3) is 5.57 Å². The second-order valence-corrected chi connectivity index (χ2v) is 5.24. The molecular weight excluding hydrogens is 336 g/mol. The van der Waals surface area contributed by atoms with Gasteiger partial charge in [-0.2, -0.15) is 18.4 Å². The number of rotatable bonds is 3. The van der Waals surface area contributed by atoms with Crippen molar-refractivity contribution in [3.63, 3.8) is 0 Å². The number of hydrogen-bond acceptors (Lipinski definition) is 2. The van der Waals surface area contributed by atoms with Crippen molar-refractivity contribution in [1.82, 2.24) is 0 Å². The van der Waals surface area contributed by atoms with Gasteiger partial charge in [0.2, 0.25) is 5.91 Å². The monoisotopic (exact) mass is 348 g/mol. The SMILES string of the molecule is CC(C(N)=O)=C(c1ccc(F)cc1)c1ccc(C#N)c(C(F)(F)F)c1. The molecule has 0 saturated heterocycles. The summed E-state index contributed by atoms with van der Waals surface area (Å²) in [5.74, 6) is -1.35. The first-order valence-electron chi connectivity index (χ1n) is 7.03. The molecule has 0 fully saturated rings. The fraction of sp³-hybridized carbons (Fsp3) is 0.111. The zero-order valence-electron chi connectivity index (χ0n) is 13.0.